The second-order valence-corrected chi connectivity index (χ2v) is 10.5. The Morgan fingerprint density at radius 3 is 2.16 bits per heavy atom. The Morgan fingerprint density at radius 2 is 1.49 bits per heavy atom. The number of hydrogen-bond acceptors (Lipinski definition) is 6. The standard InChI is InChI=1S/C24H21F9N8OS/c25-13-8-15(27)14(26)6-11(13)5-12(34)7-18(43)38-1-3-40-16(9-38)19(35-21(40)23(28,29)30)20(42)39-2-4-41-17(10-39)36-37-22(41)24(31,32)33/h6,8,12H,1-5,7,9-10,34H2/t12-/m0/s1. The van der Waals surface area contributed by atoms with E-state index in [9.17, 15) is 44.3 Å². The SMILES string of the molecule is N[C@H](CC(=S)N1CCn2c(C(F)(F)F)nc(C(=O)N3CCn4c(nnc4C(F)(F)F)C3)c2C1)Cc1cc(F)c(F)cc1F. The van der Waals surface area contributed by atoms with Gasteiger partial charge in [-0.3, -0.25) is 4.79 Å². The number of halogens is 9. The number of rotatable bonds is 5. The second-order valence-electron chi connectivity index (χ2n) is 10.0. The zero-order valence-electron chi connectivity index (χ0n) is 21.8. The van der Waals surface area contributed by atoms with Gasteiger partial charge in [0.05, 0.1) is 23.8 Å². The molecule has 0 fully saturated rings. The molecule has 0 aliphatic carbocycles. The quantitative estimate of drug-likeness (QED) is 0.258. The molecule has 0 spiro atoms. The summed E-state index contributed by atoms with van der Waals surface area (Å²) < 4.78 is 124. The van der Waals surface area contributed by atoms with Crippen LogP contribution in [0.15, 0.2) is 12.1 Å². The van der Waals surface area contributed by atoms with Crippen molar-refractivity contribution in [1.82, 2.24) is 34.1 Å². The number of benzene rings is 1. The lowest BCUT2D eigenvalue weighted by Crippen LogP contribution is -2.42. The largest absolute Gasteiger partial charge is 0.451 e. The minimum Gasteiger partial charge on any atom is -0.358 e. The molecule has 2 aromatic heterocycles. The van der Waals surface area contributed by atoms with Gasteiger partial charge in [-0.1, -0.05) is 12.2 Å². The number of amides is 1. The second kappa shape index (κ2) is 11.1. The highest BCUT2D eigenvalue weighted by atomic mass is 32.1. The maximum atomic E-state index is 14.1. The number of carbonyl (C=O) groups excluding carboxylic acids is 1. The monoisotopic (exact) mass is 640 g/mol. The minimum atomic E-state index is -4.92. The maximum Gasteiger partial charge on any atom is 0.451 e. The first-order chi connectivity index (χ1) is 20.0. The number of carbonyl (C=O) groups is 1. The third-order valence-corrected chi connectivity index (χ3v) is 7.54. The Hall–Kier alpha value is -3.74. The van der Waals surface area contributed by atoms with Gasteiger partial charge in [0.1, 0.15) is 5.82 Å². The van der Waals surface area contributed by atoms with Gasteiger partial charge >= 0.3 is 12.4 Å². The summed E-state index contributed by atoms with van der Waals surface area (Å²) in [6.07, 6.45) is -9.99. The third-order valence-electron chi connectivity index (χ3n) is 7.12. The fourth-order valence-corrected chi connectivity index (χ4v) is 5.46. The number of nitrogens with zero attached hydrogens (tertiary/aromatic N) is 7. The molecule has 4 heterocycles. The molecule has 232 valence electrons. The molecule has 1 atom stereocenters. The van der Waals surface area contributed by atoms with Crippen LogP contribution in [-0.2, 0) is 45.0 Å². The van der Waals surface area contributed by atoms with Crippen molar-refractivity contribution in [3.8, 4) is 0 Å². The molecule has 0 radical (unpaired) electrons. The third kappa shape index (κ3) is 6.04. The highest BCUT2D eigenvalue weighted by molar-refractivity contribution is 7.80. The van der Waals surface area contributed by atoms with Crippen molar-refractivity contribution in [3.05, 3.63) is 64.0 Å². The molecule has 19 heteroatoms. The summed E-state index contributed by atoms with van der Waals surface area (Å²) in [6.45, 7) is -1.60. The lowest BCUT2D eigenvalue weighted by molar-refractivity contribution is -0.148. The number of alkyl halides is 6. The molecule has 0 saturated carbocycles. The summed E-state index contributed by atoms with van der Waals surface area (Å²) in [5.74, 6) is -7.33. The van der Waals surface area contributed by atoms with E-state index in [-0.39, 0.29) is 67.6 Å². The van der Waals surface area contributed by atoms with Crippen molar-refractivity contribution in [2.75, 3.05) is 13.1 Å². The molecule has 2 N–H and O–H groups in total. The van der Waals surface area contributed by atoms with Crippen LogP contribution in [0.1, 0.15) is 45.6 Å². The number of aromatic nitrogens is 5. The fraction of sp³-hybridized carbons (Fsp3) is 0.458. The summed E-state index contributed by atoms with van der Waals surface area (Å²) in [5, 5.41) is 6.61. The highest BCUT2D eigenvalue weighted by Gasteiger charge is 2.43. The van der Waals surface area contributed by atoms with E-state index in [2.05, 4.69) is 15.2 Å². The normalized spacial score (nSPS) is 16.2. The topological polar surface area (TPSA) is 98.1 Å². The summed E-state index contributed by atoms with van der Waals surface area (Å²) in [5.41, 5.74) is 5.21. The first-order valence-corrected chi connectivity index (χ1v) is 13.1. The van der Waals surface area contributed by atoms with Crippen molar-refractivity contribution < 1.29 is 44.3 Å². The van der Waals surface area contributed by atoms with Crippen molar-refractivity contribution in [2.24, 2.45) is 5.73 Å². The summed E-state index contributed by atoms with van der Waals surface area (Å²) in [6, 6.07) is 0.203. The van der Waals surface area contributed by atoms with E-state index in [1.807, 2.05) is 0 Å². The van der Waals surface area contributed by atoms with Crippen LogP contribution in [0.2, 0.25) is 0 Å². The van der Waals surface area contributed by atoms with E-state index in [4.69, 9.17) is 18.0 Å². The van der Waals surface area contributed by atoms with Crippen LogP contribution < -0.4 is 5.73 Å². The molecule has 43 heavy (non-hydrogen) atoms. The van der Waals surface area contributed by atoms with Crippen LogP contribution in [-0.4, -0.2) is 64.1 Å². The molecule has 0 unspecified atom stereocenters. The first-order valence-electron chi connectivity index (χ1n) is 12.7. The molecule has 9 nitrogen and oxygen atoms in total. The van der Waals surface area contributed by atoms with E-state index >= 15 is 0 Å². The lowest BCUT2D eigenvalue weighted by Gasteiger charge is -2.33. The van der Waals surface area contributed by atoms with Gasteiger partial charge in [-0.15, -0.1) is 10.2 Å². The van der Waals surface area contributed by atoms with Crippen LogP contribution in [0.3, 0.4) is 0 Å². The molecule has 1 amide bonds. The average Bonchev–Trinajstić information content (AvgIpc) is 3.52. The van der Waals surface area contributed by atoms with Crippen LogP contribution in [0.5, 0.6) is 0 Å². The van der Waals surface area contributed by atoms with Gasteiger partial charge in [-0.25, -0.2) is 18.2 Å². The predicted molar refractivity (Wildman–Crippen MR) is 133 cm³/mol. The van der Waals surface area contributed by atoms with Crippen molar-refractivity contribution in [2.45, 2.75) is 57.4 Å². The molecule has 0 bridgehead atoms. The summed E-state index contributed by atoms with van der Waals surface area (Å²) in [4.78, 5) is 19.7. The van der Waals surface area contributed by atoms with Crippen molar-refractivity contribution in [1.29, 1.82) is 0 Å². The summed E-state index contributed by atoms with van der Waals surface area (Å²) in [7, 11) is 0. The van der Waals surface area contributed by atoms with Crippen LogP contribution >= 0.6 is 12.2 Å². The fourth-order valence-electron chi connectivity index (χ4n) is 5.09. The van der Waals surface area contributed by atoms with Gasteiger partial charge in [0.2, 0.25) is 11.6 Å². The molecule has 1 aromatic carbocycles. The molecule has 0 saturated heterocycles. The van der Waals surface area contributed by atoms with E-state index < -0.39 is 65.6 Å². The smallest absolute Gasteiger partial charge is 0.358 e. The minimum absolute atomic E-state index is 0.0157. The zero-order valence-corrected chi connectivity index (χ0v) is 22.6. The van der Waals surface area contributed by atoms with Gasteiger partial charge in [0.25, 0.3) is 5.91 Å². The molecular weight excluding hydrogens is 619 g/mol. The van der Waals surface area contributed by atoms with Gasteiger partial charge in [0, 0.05) is 44.7 Å². The van der Waals surface area contributed by atoms with Gasteiger partial charge in [0.15, 0.2) is 23.2 Å². The van der Waals surface area contributed by atoms with E-state index in [0.717, 1.165) is 14.0 Å². The average molecular weight is 641 g/mol. The molecular formula is C24H21F9N8OS. The van der Waals surface area contributed by atoms with E-state index in [0.29, 0.717) is 12.1 Å². The highest BCUT2D eigenvalue weighted by Crippen LogP contribution is 2.34. The molecule has 2 aliphatic rings. The van der Waals surface area contributed by atoms with Crippen LogP contribution in [0, 0.1) is 17.5 Å². The number of fused-ring (bicyclic) bond motifs is 2. The van der Waals surface area contributed by atoms with Gasteiger partial charge < -0.3 is 24.7 Å². The molecule has 2 aliphatic heterocycles. The maximum absolute atomic E-state index is 14.1. The molecule has 3 aromatic rings. The van der Waals surface area contributed by atoms with E-state index in [1.165, 1.54) is 4.90 Å². The zero-order chi connectivity index (χ0) is 31.4. The first kappa shape index (κ1) is 30.7. The number of thiocarbonyl (C=S) groups is 1. The Morgan fingerprint density at radius 1 is 0.860 bits per heavy atom. The predicted octanol–water partition coefficient (Wildman–Crippen LogP) is 3.69. The van der Waals surface area contributed by atoms with Crippen LogP contribution in [0.4, 0.5) is 39.5 Å². The number of hydrogen-bond donors (Lipinski definition) is 1. The van der Waals surface area contributed by atoms with E-state index in [1.54, 1.807) is 0 Å². The Labute approximate surface area is 242 Å². The van der Waals surface area contributed by atoms with Crippen molar-refractivity contribution >= 4 is 23.1 Å². The molecule has 5 rings (SSSR count). The van der Waals surface area contributed by atoms with Gasteiger partial charge in [-0.2, -0.15) is 26.3 Å². The van der Waals surface area contributed by atoms with Crippen molar-refractivity contribution in [3.63, 3.8) is 0 Å². The number of nitrogens with two attached hydrogens (primary N) is 1. The lowest BCUT2D eigenvalue weighted by atomic mass is 10.0. The Balaban J connectivity index is 1.35. The van der Waals surface area contributed by atoms with Gasteiger partial charge in [-0.05, 0) is 18.1 Å². The van der Waals surface area contributed by atoms with Crippen LogP contribution in [0.25, 0.3) is 0 Å². The Kier molecular flexibility index (Phi) is 7.91. The summed E-state index contributed by atoms with van der Waals surface area (Å²) >= 11 is 5.43. The number of imidazole rings is 1. The Bertz CT molecular complexity index is 1580.